The van der Waals surface area contributed by atoms with Gasteiger partial charge in [0.25, 0.3) is 0 Å². The van der Waals surface area contributed by atoms with Crippen molar-refractivity contribution >= 4 is 17.7 Å². The topological polar surface area (TPSA) is 475 Å². The zero-order valence-electron chi connectivity index (χ0n) is 59.6. The molecule has 576 valence electrons. The van der Waals surface area contributed by atoms with Crippen LogP contribution in [0.4, 0.5) is 0 Å². The molecule has 0 aromatic heterocycles. The van der Waals surface area contributed by atoms with E-state index in [4.69, 9.17) is 61.6 Å². The van der Waals surface area contributed by atoms with Crippen LogP contribution in [-0.2, 0) is 76.0 Å². The number of aliphatic hydroxyl groups excluding tert-OH is 14. The van der Waals surface area contributed by atoms with Crippen LogP contribution in [0.25, 0.3) is 0 Å². The van der Waals surface area contributed by atoms with E-state index in [0.29, 0.717) is 49.7 Å². The van der Waals surface area contributed by atoms with Gasteiger partial charge >= 0.3 is 11.9 Å². The number of aliphatic carboxylic acids is 1. The molecule has 0 aromatic rings. The zero-order chi connectivity index (χ0) is 74.2. The van der Waals surface area contributed by atoms with Gasteiger partial charge < -0.3 is 138 Å². The summed E-state index contributed by atoms with van der Waals surface area (Å²) >= 11 is 0. The van der Waals surface area contributed by atoms with E-state index in [-0.39, 0.29) is 30.5 Å². The van der Waals surface area contributed by atoms with E-state index in [1.54, 1.807) is 39.8 Å². The van der Waals surface area contributed by atoms with Crippen molar-refractivity contribution < 1.29 is 153 Å². The monoisotopic (exact) mass is 1450 g/mol. The van der Waals surface area contributed by atoms with Crippen LogP contribution in [0.2, 0.25) is 0 Å². The first-order chi connectivity index (χ1) is 47.2. The Morgan fingerprint density at radius 2 is 1.11 bits per heavy atom. The Balaban J connectivity index is 0.901. The Bertz CT molecular complexity index is 3040. The number of carboxylic acids is 1. The van der Waals surface area contributed by atoms with E-state index < -0.39 is 254 Å². The van der Waals surface area contributed by atoms with Crippen LogP contribution in [-0.4, -0.2) is 298 Å². The number of carbonyl (C=O) groups is 3. The van der Waals surface area contributed by atoms with Gasteiger partial charge in [-0.1, -0.05) is 60.6 Å². The van der Waals surface area contributed by atoms with Crippen molar-refractivity contribution in [1.82, 2.24) is 0 Å². The fraction of sp³-hybridized carbons (Fsp3) is 0.900. The molecule has 0 aromatic carbocycles. The molecule has 0 radical (unpaired) electrons. The lowest BCUT2D eigenvalue weighted by molar-refractivity contribution is -0.410. The molecule has 1 spiro atoms. The summed E-state index contributed by atoms with van der Waals surface area (Å²) in [6.07, 6.45) is -44.3. The number of esters is 1. The average Bonchev–Trinajstić information content (AvgIpc) is 1.54. The molecule has 5 aliphatic carbocycles. The first-order valence-corrected chi connectivity index (χ1v) is 35.7. The maximum Gasteiger partial charge on any atom is 0.335 e. The Morgan fingerprint density at radius 1 is 0.545 bits per heavy atom. The summed E-state index contributed by atoms with van der Waals surface area (Å²) in [5.41, 5.74) is -5.44. The number of ketones is 1. The lowest BCUT2D eigenvalue weighted by Crippen LogP contribution is -2.77. The van der Waals surface area contributed by atoms with Crippen LogP contribution in [0.3, 0.4) is 0 Å². The number of ether oxygens (including phenoxy) is 13. The molecule has 6 heterocycles. The molecular formula is C70H110O31. The molecule has 11 fully saturated rings. The molecule has 2 bridgehead atoms. The number of carbonyl (C=O) groups excluding carboxylic acids is 2. The van der Waals surface area contributed by atoms with E-state index >= 15 is 0 Å². The maximum absolute atomic E-state index is 13.8. The minimum atomic E-state index is -2.31. The molecule has 37 atom stereocenters. The van der Waals surface area contributed by atoms with Gasteiger partial charge in [0, 0.05) is 22.3 Å². The van der Waals surface area contributed by atoms with Crippen molar-refractivity contribution in [3.05, 3.63) is 23.3 Å². The molecule has 6 saturated heterocycles. The highest BCUT2D eigenvalue weighted by molar-refractivity contribution is 5.95. The Hall–Kier alpha value is -2.95. The second-order valence-corrected chi connectivity index (χ2v) is 32.7. The maximum atomic E-state index is 13.8. The molecule has 11 aliphatic rings. The van der Waals surface area contributed by atoms with Gasteiger partial charge in [0.15, 0.2) is 49.6 Å². The Kier molecular flexibility index (Phi) is 22.6. The largest absolute Gasteiger partial charge is 0.479 e. The second kappa shape index (κ2) is 28.9. The highest BCUT2D eigenvalue weighted by Crippen LogP contribution is 2.82. The van der Waals surface area contributed by atoms with Crippen LogP contribution >= 0.6 is 0 Å². The van der Waals surface area contributed by atoms with Crippen LogP contribution in [0.15, 0.2) is 23.3 Å². The zero-order valence-corrected chi connectivity index (χ0v) is 59.6. The second-order valence-electron chi connectivity index (χ2n) is 32.7. The number of allylic oxidation sites excluding steroid dienone is 2. The van der Waals surface area contributed by atoms with E-state index in [1.807, 2.05) is 27.7 Å². The quantitative estimate of drug-likeness (QED) is 0.0426. The van der Waals surface area contributed by atoms with Crippen molar-refractivity contribution in [2.24, 2.45) is 50.2 Å². The van der Waals surface area contributed by atoms with E-state index in [0.717, 1.165) is 0 Å². The van der Waals surface area contributed by atoms with Crippen molar-refractivity contribution in [3.8, 4) is 0 Å². The standard InChI is InChI=1S/C70H110O31/c1-14-27(3)31(72)25-89-55-54(100-57(87)28(4)15-2)64(7,8)22-36-69-21-17-35-66(11)19-18-38(65(9,10)34(66)16-20-67(35,12)68(69,13)23-37(74)70(36,55)63(88)101-69)94-62-53(99-58-46(82)41(77)32(73)26-90-58)49(48(84)50(96-62)56(85)86)95-61-52(45(81)42(78)33(24-71)93-61)98-60-51(44(80)40(76)30(6)92-60)97-59-47(83)43(79)39(75)29(5)91-59/h14-15,29-30,32-55,58-63,71,73-84,88H,16-26H2,1-13H3,(H,85,86)/b27-14-,28-15-/t29?,30?,32-,33?,34?,35?,36?,37+,38-,39-,40-,41+,42-,43-,44-,45+,46?,47?,48-,49+,50?,51?,52?,53?,54-,55-,58-,59-,60-,61-,62+,63-,66-,67+,68-,69-,70+/m0/s1. The summed E-state index contributed by atoms with van der Waals surface area (Å²) < 4.78 is 82.1. The average molecular weight is 1450 g/mol. The minimum Gasteiger partial charge on any atom is -0.479 e. The first-order valence-electron chi connectivity index (χ1n) is 35.7. The van der Waals surface area contributed by atoms with Crippen LogP contribution in [0.1, 0.15) is 141 Å². The molecule has 0 amide bonds. The number of rotatable bonds is 18. The Labute approximate surface area is 586 Å². The Morgan fingerprint density at radius 3 is 1.74 bits per heavy atom. The molecule has 101 heavy (non-hydrogen) atoms. The lowest BCUT2D eigenvalue weighted by atomic mass is 9.30. The fourth-order valence-electron chi connectivity index (χ4n) is 20.5. The summed E-state index contributed by atoms with van der Waals surface area (Å²) in [5.74, 6) is -3.45. The number of hydrogen-bond donors (Lipinski definition) is 15. The molecular weight excluding hydrogens is 1340 g/mol. The van der Waals surface area contributed by atoms with Crippen molar-refractivity contribution in [2.45, 2.75) is 325 Å². The highest BCUT2D eigenvalue weighted by Gasteiger charge is 2.85. The summed E-state index contributed by atoms with van der Waals surface area (Å²) in [6.45, 7) is 22.1. The van der Waals surface area contributed by atoms with Gasteiger partial charge in [-0.05, 0) is 127 Å². The molecule has 11 rings (SSSR count). The van der Waals surface area contributed by atoms with Gasteiger partial charge in [-0.2, -0.15) is 0 Å². The summed E-state index contributed by atoms with van der Waals surface area (Å²) in [5, 5.41) is 171. The number of aliphatic hydroxyl groups is 14. The van der Waals surface area contributed by atoms with Crippen molar-refractivity contribution in [1.29, 1.82) is 0 Å². The van der Waals surface area contributed by atoms with Gasteiger partial charge in [0.2, 0.25) is 0 Å². The van der Waals surface area contributed by atoms with Gasteiger partial charge in [-0.15, -0.1) is 0 Å². The van der Waals surface area contributed by atoms with Crippen LogP contribution in [0.5, 0.6) is 0 Å². The van der Waals surface area contributed by atoms with Crippen LogP contribution < -0.4 is 0 Å². The molecule has 31 heteroatoms. The van der Waals surface area contributed by atoms with Crippen molar-refractivity contribution in [3.63, 3.8) is 0 Å². The summed E-state index contributed by atoms with van der Waals surface area (Å²) in [4.78, 5) is 40.9. The van der Waals surface area contributed by atoms with Gasteiger partial charge in [0.05, 0.1) is 48.6 Å². The normalized spacial score (nSPS) is 52.7. The molecule has 6 aliphatic heterocycles. The SMILES string of the molecule is C/C=C(/C)C(=O)CO[C@H]1[C@H](OC(=O)/C(C)=C\C)C(C)(C)CC2[C@@]13[C@H](O)C[C@]1(C)[C@@]2(CCC2[C@@]4(C)CC[C@H](O[C@@H]5OC(C(=O)O)[C@@H](O)[C@@H](O[C@@H]6OC(CO)[C@H](O)[C@@H](O)C6O[C@@H]6OC(C)[C@H](O)[C@H](O)C6O[C@@H]6OC(C)[C@H](O)[C@H](O)C6O)C5O[C@@H]5OC[C@H](O)[C@@H](O)C5O)C(C)(C)C4CC[C@]21C)O[C@@H]3O. The van der Waals surface area contributed by atoms with Gasteiger partial charge in [0.1, 0.15) is 116 Å². The van der Waals surface area contributed by atoms with E-state index in [2.05, 4.69) is 20.8 Å². The summed E-state index contributed by atoms with van der Waals surface area (Å²) in [7, 11) is 0. The third-order valence-corrected chi connectivity index (χ3v) is 26.7. The third-order valence-electron chi connectivity index (χ3n) is 26.7. The molecule has 15 N–H and O–H groups in total. The van der Waals surface area contributed by atoms with Crippen molar-refractivity contribution in [2.75, 3.05) is 19.8 Å². The summed E-state index contributed by atoms with van der Waals surface area (Å²) in [6, 6.07) is 0. The van der Waals surface area contributed by atoms with E-state index in [1.165, 1.54) is 13.8 Å². The molecule has 31 nitrogen and oxygen atoms in total. The molecule has 12 unspecified atom stereocenters. The van der Waals surface area contributed by atoms with Crippen LogP contribution in [0, 0.1) is 50.2 Å². The number of hydrogen-bond acceptors (Lipinski definition) is 30. The van der Waals surface area contributed by atoms with Gasteiger partial charge in [-0.3, -0.25) is 4.79 Å². The third kappa shape index (κ3) is 12.8. The first kappa shape index (κ1) is 79.1. The predicted octanol–water partition coefficient (Wildman–Crippen LogP) is -1.40. The lowest BCUT2D eigenvalue weighted by Gasteiger charge is -2.75. The predicted molar refractivity (Wildman–Crippen MR) is 342 cm³/mol. The number of Topliss-reactive ketones (excluding diaryl/α,β-unsaturated/α-hetero) is 1. The van der Waals surface area contributed by atoms with Gasteiger partial charge in [-0.25, -0.2) is 9.59 Å². The number of fused-ring (bicyclic) bond motifs is 4. The number of carboxylic acid groups (broad SMARTS) is 1. The minimum absolute atomic E-state index is 0.0660. The molecule has 5 saturated carbocycles. The highest BCUT2D eigenvalue weighted by atomic mass is 16.8. The smallest absolute Gasteiger partial charge is 0.335 e. The fourth-order valence-corrected chi connectivity index (χ4v) is 20.5. The van der Waals surface area contributed by atoms with E-state index in [9.17, 15) is 91.0 Å².